The normalized spacial score (nSPS) is 44.7. The van der Waals surface area contributed by atoms with Gasteiger partial charge in [0.05, 0.1) is 0 Å². The second-order valence-corrected chi connectivity index (χ2v) is 4.05. The van der Waals surface area contributed by atoms with Crippen molar-refractivity contribution in [3.05, 3.63) is 24.8 Å². The lowest BCUT2D eigenvalue weighted by Gasteiger charge is -2.30. The first kappa shape index (κ1) is 7.11. The van der Waals surface area contributed by atoms with E-state index in [0.29, 0.717) is 6.10 Å². The molecule has 0 aromatic rings. The number of ether oxygens (including phenoxy) is 1. The molecule has 0 aromatic carbocycles. The van der Waals surface area contributed by atoms with Gasteiger partial charge in [-0.15, -0.1) is 6.58 Å². The number of epoxide rings is 1. The van der Waals surface area contributed by atoms with Crippen LogP contribution in [0.3, 0.4) is 0 Å². The van der Waals surface area contributed by atoms with Crippen molar-refractivity contribution in [1.82, 2.24) is 0 Å². The molecule has 0 spiro atoms. The summed E-state index contributed by atoms with van der Waals surface area (Å²) < 4.78 is 5.62. The fourth-order valence-electron chi connectivity index (χ4n) is 1.99. The maximum absolute atomic E-state index is 5.62. The standard InChI is InChI=1S/C10H14O/c1-4-10-8(11-10)6-5-7-9(10,2)3/h4-6,8H,1,7H2,2-3H3. The summed E-state index contributed by atoms with van der Waals surface area (Å²) in [5.74, 6) is 0. The van der Waals surface area contributed by atoms with E-state index in [1.807, 2.05) is 6.08 Å². The Hall–Kier alpha value is -0.560. The molecule has 1 heterocycles. The van der Waals surface area contributed by atoms with E-state index >= 15 is 0 Å². The van der Waals surface area contributed by atoms with Crippen molar-refractivity contribution in [3.8, 4) is 0 Å². The van der Waals surface area contributed by atoms with Gasteiger partial charge in [0.1, 0.15) is 11.7 Å². The first-order chi connectivity index (χ1) is 5.12. The summed E-state index contributed by atoms with van der Waals surface area (Å²) in [6.45, 7) is 8.30. The zero-order valence-corrected chi connectivity index (χ0v) is 7.13. The zero-order chi connectivity index (χ0) is 8.11. The molecule has 0 N–H and O–H groups in total. The molecule has 0 bridgehead atoms. The van der Waals surface area contributed by atoms with E-state index in [-0.39, 0.29) is 11.0 Å². The van der Waals surface area contributed by atoms with Crippen LogP contribution < -0.4 is 0 Å². The van der Waals surface area contributed by atoms with Crippen LogP contribution in [-0.4, -0.2) is 11.7 Å². The summed E-state index contributed by atoms with van der Waals surface area (Å²) in [6, 6.07) is 0. The smallest absolute Gasteiger partial charge is 0.122 e. The van der Waals surface area contributed by atoms with Crippen LogP contribution in [0.5, 0.6) is 0 Å². The molecule has 2 unspecified atom stereocenters. The largest absolute Gasteiger partial charge is 0.357 e. The Bertz CT molecular complexity index is 227. The van der Waals surface area contributed by atoms with Crippen LogP contribution in [-0.2, 0) is 4.74 Å². The Morgan fingerprint density at radius 2 is 2.36 bits per heavy atom. The number of fused-ring (bicyclic) bond motifs is 1. The molecular formula is C10H14O. The lowest BCUT2D eigenvalue weighted by atomic mass is 9.71. The maximum atomic E-state index is 5.62. The zero-order valence-electron chi connectivity index (χ0n) is 7.13. The van der Waals surface area contributed by atoms with E-state index in [4.69, 9.17) is 4.74 Å². The van der Waals surface area contributed by atoms with Crippen LogP contribution >= 0.6 is 0 Å². The molecule has 1 fully saturated rings. The third-order valence-corrected chi connectivity index (χ3v) is 2.99. The molecule has 1 heteroatoms. The molecule has 0 amide bonds. The van der Waals surface area contributed by atoms with Gasteiger partial charge in [-0.25, -0.2) is 0 Å². The minimum Gasteiger partial charge on any atom is -0.357 e. The van der Waals surface area contributed by atoms with Crippen molar-refractivity contribution in [2.24, 2.45) is 5.41 Å². The van der Waals surface area contributed by atoms with E-state index in [2.05, 4.69) is 32.6 Å². The minimum atomic E-state index is -0.0399. The van der Waals surface area contributed by atoms with Gasteiger partial charge >= 0.3 is 0 Å². The van der Waals surface area contributed by atoms with Crippen molar-refractivity contribution in [3.63, 3.8) is 0 Å². The van der Waals surface area contributed by atoms with Gasteiger partial charge in [-0.3, -0.25) is 0 Å². The minimum absolute atomic E-state index is 0.0399. The number of hydrogen-bond acceptors (Lipinski definition) is 1. The highest BCUT2D eigenvalue weighted by atomic mass is 16.6. The Labute approximate surface area is 67.7 Å². The summed E-state index contributed by atoms with van der Waals surface area (Å²) in [7, 11) is 0. The fraction of sp³-hybridized carbons (Fsp3) is 0.600. The number of hydrogen-bond donors (Lipinski definition) is 0. The lowest BCUT2D eigenvalue weighted by molar-refractivity contribution is 0.183. The summed E-state index contributed by atoms with van der Waals surface area (Å²) in [5, 5.41) is 0. The van der Waals surface area contributed by atoms with E-state index < -0.39 is 0 Å². The number of allylic oxidation sites excluding steroid dienone is 1. The van der Waals surface area contributed by atoms with E-state index in [1.165, 1.54) is 0 Å². The second-order valence-electron chi connectivity index (χ2n) is 4.05. The van der Waals surface area contributed by atoms with Gasteiger partial charge < -0.3 is 4.74 Å². The van der Waals surface area contributed by atoms with Crippen molar-refractivity contribution in [2.75, 3.05) is 0 Å². The van der Waals surface area contributed by atoms with Gasteiger partial charge in [-0.1, -0.05) is 32.1 Å². The Morgan fingerprint density at radius 3 is 2.82 bits per heavy atom. The molecule has 11 heavy (non-hydrogen) atoms. The molecule has 60 valence electrons. The molecule has 2 aliphatic rings. The highest BCUT2D eigenvalue weighted by Crippen LogP contribution is 2.56. The summed E-state index contributed by atoms with van der Waals surface area (Å²) >= 11 is 0. The summed E-state index contributed by atoms with van der Waals surface area (Å²) in [5.41, 5.74) is 0.190. The monoisotopic (exact) mass is 150 g/mol. The molecule has 1 aliphatic heterocycles. The predicted octanol–water partition coefficient (Wildman–Crippen LogP) is 2.30. The molecule has 1 saturated heterocycles. The average Bonchev–Trinajstić information content (AvgIpc) is 2.63. The first-order valence-electron chi connectivity index (χ1n) is 4.10. The molecule has 0 aromatic heterocycles. The van der Waals surface area contributed by atoms with Crippen LogP contribution in [0.25, 0.3) is 0 Å². The predicted molar refractivity (Wildman–Crippen MR) is 45.3 cm³/mol. The van der Waals surface area contributed by atoms with Crippen molar-refractivity contribution >= 4 is 0 Å². The Morgan fingerprint density at radius 1 is 1.64 bits per heavy atom. The van der Waals surface area contributed by atoms with Gasteiger partial charge in [0.15, 0.2) is 0 Å². The van der Waals surface area contributed by atoms with E-state index in [1.54, 1.807) is 0 Å². The highest BCUT2D eigenvalue weighted by molar-refractivity contribution is 5.30. The lowest BCUT2D eigenvalue weighted by Crippen LogP contribution is -2.34. The van der Waals surface area contributed by atoms with Gasteiger partial charge in [0.25, 0.3) is 0 Å². The van der Waals surface area contributed by atoms with Gasteiger partial charge in [0, 0.05) is 5.41 Å². The molecule has 2 atom stereocenters. The van der Waals surface area contributed by atoms with Crippen molar-refractivity contribution in [2.45, 2.75) is 32.0 Å². The van der Waals surface area contributed by atoms with Crippen molar-refractivity contribution in [1.29, 1.82) is 0 Å². The van der Waals surface area contributed by atoms with E-state index in [0.717, 1.165) is 6.42 Å². The van der Waals surface area contributed by atoms with Crippen molar-refractivity contribution < 1.29 is 4.74 Å². The first-order valence-corrected chi connectivity index (χ1v) is 4.10. The SMILES string of the molecule is C=CC12OC1C=CCC2(C)C. The van der Waals surface area contributed by atoms with Crippen LogP contribution in [0.15, 0.2) is 24.8 Å². The molecule has 2 rings (SSSR count). The Balaban J connectivity index is 2.37. The second kappa shape index (κ2) is 1.78. The van der Waals surface area contributed by atoms with Crippen LogP contribution in [0.2, 0.25) is 0 Å². The van der Waals surface area contributed by atoms with Crippen LogP contribution in [0.4, 0.5) is 0 Å². The summed E-state index contributed by atoms with van der Waals surface area (Å²) in [6.07, 6.45) is 7.71. The van der Waals surface area contributed by atoms with Gasteiger partial charge in [-0.2, -0.15) is 0 Å². The van der Waals surface area contributed by atoms with Gasteiger partial charge in [0.2, 0.25) is 0 Å². The highest BCUT2D eigenvalue weighted by Gasteiger charge is 2.63. The molecule has 1 nitrogen and oxygen atoms in total. The quantitative estimate of drug-likeness (QED) is 0.412. The third-order valence-electron chi connectivity index (χ3n) is 2.99. The topological polar surface area (TPSA) is 12.5 Å². The maximum Gasteiger partial charge on any atom is 0.122 e. The average molecular weight is 150 g/mol. The van der Waals surface area contributed by atoms with Gasteiger partial charge in [-0.05, 0) is 6.42 Å². The number of rotatable bonds is 1. The third kappa shape index (κ3) is 0.694. The molecular weight excluding hydrogens is 136 g/mol. The fourth-order valence-corrected chi connectivity index (χ4v) is 1.99. The summed E-state index contributed by atoms with van der Waals surface area (Å²) in [4.78, 5) is 0. The molecule has 0 saturated carbocycles. The molecule has 0 radical (unpaired) electrons. The van der Waals surface area contributed by atoms with Crippen LogP contribution in [0, 0.1) is 5.41 Å². The Kier molecular flexibility index (Phi) is 1.15. The van der Waals surface area contributed by atoms with Crippen LogP contribution in [0.1, 0.15) is 20.3 Å². The molecule has 1 aliphatic carbocycles. The van der Waals surface area contributed by atoms with E-state index in [9.17, 15) is 0 Å².